The Hall–Kier alpha value is -0.590. The molecule has 14 heavy (non-hydrogen) atoms. The predicted molar refractivity (Wildman–Crippen MR) is 58.0 cm³/mol. The number of rotatable bonds is 4. The zero-order chi connectivity index (χ0) is 10.7. The van der Waals surface area contributed by atoms with Gasteiger partial charge in [-0.15, -0.1) is 23.1 Å². The fourth-order valence-corrected chi connectivity index (χ4v) is 3.16. The standard InChI is InChI=1S/C8H11NO3S2/c1-3-13-8-6(9(11)12)4-7(14-8)5(2)10/h4-5,10H,3H2,1-2H3/t5-/m0/s1. The lowest BCUT2D eigenvalue weighted by molar-refractivity contribution is -0.387. The van der Waals surface area contributed by atoms with Gasteiger partial charge in [-0.2, -0.15) is 0 Å². The molecule has 0 saturated heterocycles. The zero-order valence-corrected chi connectivity index (χ0v) is 9.52. The van der Waals surface area contributed by atoms with Crippen LogP contribution in [0.15, 0.2) is 10.3 Å². The van der Waals surface area contributed by atoms with E-state index in [1.165, 1.54) is 29.2 Å². The third-order valence-corrected chi connectivity index (χ3v) is 4.04. The van der Waals surface area contributed by atoms with Gasteiger partial charge in [-0.3, -0.25) is 10.1 Å². The summed E-state index contributed by atoms with van der Waals surface area (Å²) >= 11 is 2.73. The highest BCUT2D eigenvalue weighted by Crippen LogP contribution is 2.39. The Morgan fingerprint density at radius 3 is 2.86 bits per heavy atom. The Kier molecular flexibility index (Phi) is 3.91. The van der Waals surface area contributed by atoms with Gasteiger partial charge >= 0.3 is 0 Å². The molecule has 0 aromatic carbocycles. The Bertz CT molecular complexity index is 335. The molecule has 6 heteroatoms. The van der Waals surface area contributed by atoms with Gasteiger partial charge in [0.05, 0.1) is 11.0 Å². The largest absolute Gasteiger partial charge is 0.388 e. The molecular formula is C8H11NO3S2. The lowest BCUT2D eigenvalue weighted by Crippen LogP contribution is -1.87. The number of aliphatic hydroxyl groups excluding tert-OH is 1. The van der Waals surface area contributed by atoms with E-state index < -0.39 is 11.0 Å². The van der Waals surface area contributed by atoms with Crippen LogP contribution >= 0.6 is 23.1 Å². The van der Waals surface area contributed by atoms with Crippen LogP contribution in [0, 0.1) is 10.1 Å². The van der Waals surface area contributed by atoms with Crippen LogP contribution in [0.2, 0.25) is 0 Å². The van der Waals surface area contributed by atoms with Crippen molar-refractivity contribution < 1.29 is 10.0 Å². The van der Waals surface area contributed by atoms with E-state index in [2.05, 4.69) is 0 Å². The molecule has 0 bridgehead atoms. The van der Waals surface area contributed by atoms with Gasteiger partial charge in [-0.25, -0.2) is 0 Å². The highest BCUT2D eigenvalue weighted by molar-refractivity contribution is 8.01. The molecule has 0 amide bonds. The van der Waals surface area contributed by atoms with Crippen molar-refractivity contribution in [3.8, 4) is 0 Å². The molecule has 1 atom stereocenters. The van der Waals surface area contributed by atoms with E-state index in [0.717, 1.165) is 5.75 Å². The molecule has 1 aromatic heterocycles. The van der Waals surface area contributed by atoms with Gasteiger partial charge in [0.1, 0.15) is 4.21 Å². The van der Waals surface area contributed by atoms with Gasteiger partial charge in [0.15, 0.2) is 0 Å². The van der Waals surface area contributed by atoms with Gasteiger partial charge in [0.25, 0.3) is 5.69 Å². The van der Waals surface area contributed by atoms with E-state index in [9.17, 15) is 15.2 Å². The highest BCUT2D eigenvalue weighted by Gasteiger charge is 2.20. The van der Waals surface area contributed by atoms with Crippen LogP contribution < -0.4 is 0 Å². The second kappa shape index (κ2) is 4.77. The van der Waals surface area contributed by atoms with Crippen molar-refractivity contribution in [1.29, 1.82) is 0 Å². The summed E-state index contributed by atoms with van der Waals surface area (Å²) in [4.78, 5) is 10.9. The van der Waals surface area contributed by atoms with E-state index in [4.69, 9.17) is 0 Å². The number of nitrogens with zero attached hydrogens (tertiary/aromatic N) is 1. The van der Waals surface area contributed by atoms with Crippen LogP contribution in [0.5, 0.6) is 0 Å². The van der Waals surface area contributed by atoms with Crippen molar-refractivity contribution >= 4 is 28.8 Å². The average Bonchev–Trinajstić information content (AvgIpc) is 2.49. The Labute approximate surface area is 90.1 Å². The summed E-state index contributed by atoms with van der Waals surface area (Å²) in [6, 6.07) is 1.45. The van der Waals surface area contributed by atoms with Gasteiger partial charge in [-0.1, -0.05) is 6.92 Å². The van der Waals surface area contributed by atoms with E-state index in [1.807, 2.05) is 6.92 Å². The lowest BCUT2D eigenvalue weighted by atomic mass is 10.3. The molecule has 0 fully saturated rings. The summed E-state index contributed by atoms with van der Waals surface area (Å²) in [5, 5.41) is 19.9. The monoisotopic (exact) mass is 233 g/mol. The number of thioether (sulfide) groups is 1. The normalized spacial score (nSPS) is 12.8. The van der Waals surface area contributed by atoms with E-state index >= 15 is 0 Å². The van der Waals surface area contributed by atoms with E-state index in [1.54, 1.807) is 6.92 Å². The maximum absolute atomic E-state index is 10.6. The molecule has 0 spiro atoms. The second-order valence-corrected chi connectivity index (χ2v) is 5.30. The predicted octanol–water partition coefficient (Wildman–Crippen LogP) is 2.82. The summed E-state index contributed by atoms with van der Waals surface area (Å²) in [5.41, 5.74) is 0.109. The van der Waals surface area contributed by atoms with Crippen LogP contribution in [0.1, 0.15) is 24.8 Å². The first-order chi connectivity index (χ1) is 6.56. The fraction of sp³-hybridized carbons (Fsp3) is 0.500. The minimum Gasteiger partial charge on any atom is -0.388 e. The van der Waals surface area contributed by atoms with Gasteiger partial charge in [0, 0.05) is 10.9 Å². The molecule has 1 N–H and O–H groups in total. The lowest BCUT2D eigenvalue weighted by Gasteiger charge is -1.95. The van der Waals surface area contributed by atoms with Crippen molar-refractivity contribution in [1.82, 2.24) is 0 Å². The zero-order valence-electron chi connectivity index (χ0n) is 7.89. The summed E-state index contributed by atoms with van der Waals surface area (Å²) < 4.78 is 0.674. The second-order valence-electron chi connectivity index (χ2n) is 2.69. The maximum atomic E-state index is 10.6. The Balaban J connectivity index is 3.05. The van der Waals surface area contributed by atoms with Gasteiger partial charge in [-0.05, 0) is 12.7 Å². The molecule has 0 radical (unpaired) electrons. The van der Waals surface area contributed by atoms with Crippen LogP contribution in [-0.4, -0.2) is 15.8 Å². The third-order valence-electron chi connectivity index (χ3n) is 1.58. The fourth-order valence-electron chi connectivity index (χ4n) is 0.950. The molecule has 0 aliphatic rings. The molecule has 0 saturated carbocycles. The van der Waals surface area contributed by atoms with Crippen molar-refractivity contribution in [2.45, 2.75) is 24.2 Å². The average molecular weight is 233 g/mol. The first-order valence-corrected chi connectivity index (χ1v) is 5.95. The van der Waals surface area contributed by atoms with Crippen LogP contribution in [0.4, 0.5) is 5.69 Å². The smallest absolute Gasteiger partial charge is 0.294 e. The Morgan fingerprint density at radius 2 is 2.43 bits per heavy atom. The van der Waals surface area contributed by atoms with Crippen molar-refractivity contribution in [3.63, 3.8) is 0 Å². The molecule has 0 aliphatic carbocycles. The molecule has 0 aliphatic heterocycles. The summed E-state index contributed by atoms with van der Waals surface area (Å²) in [5.74, 6) is 0.792. The number of thiophene rings is 1. The summed E-state index contributed by atoms with van der Waals surface area (Å²) in [6.45, 7) is 3.55. The summed E-state index contributed by atoms with van der Waals surface area (Å²) in [6.07, 6.45) is -0.634. The van der Waals surface area contributed by atoms with E-state index in [-0.39, 0.29) is 5.69 Å². The molecule has 78 valence electrons. The molecule has 1 heterocycles. The maximum Gasteiger partial charge on any atom is 0.294 e. The number of hydrogen-bond acceptors (Lipinski definition) is 5. The van der Waals surface area contributed by atoms with Crippen LogP contribution in [0.3, 0.4) is 0 Å². The SMILES string of the molecule is CCSc1sc([C@H](C)O)cc1[N+](=O)[O-]. The number of nitro groups is 1. The highest BCUT2D eigenvalue weighted by atomic mass is 32.2. The first kappa shape index (κ1) is 11.5. The van der Waals surface area contributed by atoms with Gasteiger partial charge < -0.3 is 5.11 Å². The van der Waals surface area contributed by atoms with Crippen molar-refractivity contribution in [2.24, 2.45) is 0 Å². The molecule has 1 aromatic rings. The number of hydrogen-bond donors (Lipinski definition) is 1. The molecule has 0 unspecified atom stereocenters. The Morgan fingerprint density at radius 1 is 1.79 bits per heavy atom. The summed E-state index contributed by atoms with van der Waals surface area (Å²) in [7, 11) is 0. The molecular weight excluding hydrogens is 222 g/mol. The van der Waals surface area contributed by atoms with Crippen LogP contribution in [-0.2, 0) is 0 Å². The van der Waals surface area contributed by atoms with Gasteiger partial charge in [0.2, 0.25) is 0 Å². The van der Waals surface area contributed by atoms with Crippen molar-refractivity contribution in [3.05, 3.63) is 21.1 Å². The number of aliphatic hydroxyl groups is 1. The quantitative estimate of drug-likeness (QED) is 0.493. The third kappa shape index (κ3) is 2.46. The minimum atomic E-state index is -0.634. The minimum absolute atomic E-state index is 0.109. The van der Waals surface area contributed by atoms with Crippen molar-refractivity contribution in [2.75, 3.05) is 5.75 Å². The molecule has 1 rings (SSSR count). The van der Waals surface area contributed by atoms with E-state index in [0.29, 0.717) is 9.09 Å². The topological polar surface area (TPSA) is 63.4 Å². The first-order valence-electron chi connectivity index (χ1n) is 4.15. The molecule has 4 nitrogen and oxygen atoms in total. The van der Waals surface area contributed by atoms with Crippen LogP contribution in [0.25, 0.3) is 0 Å².